The molecule has 4 rings (SSSR count). The van der Waals surface area contributed by atoms with E-state index in [1.807, 2.05) is 30.7 Å². The summed E-state index contributed by atoms with van der Waals surface area (Å²) >= 11 is 1.63. The van der Waals surface area contributed by atoms with Gasteiger partial charge in [-0.05, 0) is 30.9 Å². The number of pyridine rings is 2. The first-order valence-corrected chi connectivity index (χ1v) is 11.2. The fraction of sp³-hybridized carbons (Fsp3) is 0.333. The lowest BCUT2D eigenvalue weighted by atomic mass is 10.0. The van der Waals surface area contributed by atoms with Gasteiger partial charge in [0.25, 0.3) is 5.91 Å². The summed E-state index contributed by atoms with van der Waals surface area (Å²) in [4.78, 5) is 19.2. The van der Waals surface area contributed by atoms with Crippen LogP contribution in [0.2, 0.25) is 0 Å². The summed E-state index contributed by atoms with van der Waals surface area (Å²) in [7, 11) is 0. The Morgan fingerprint density at radius 1 is 1.27 bits per heavy atom. The fourth-order valence-electron chi connectivity index (χ4n) is 3.45. The number of aromatic nitrogens is 3. The normalized spacial score (nSPS) is 14.5. The standard InChI is InChI=1S/C21H24N6O2S/c1-30-14-24-17-11-18(21(28)26-6-4-9-29-10-8-26)23-12-15(17)20(22)16-13-25-27-7-3-2-5-19(16)27/h2-3,5,7,11-13,22H,4,6,8-10,14H2,1H3,(H,23,24). The average molecular weight is 425 g/mol. The smallest absolute Gasteiger partial charge is 0.272 e. The van der Waals surface area contributed by atoms with E-state index in [4.69, 9.17) is 10.1 Å². The molecule has 1 aliphatic rings. The van der Waals surface area contributed by atoms with Crippen LogP contribution in [0.3, 0.4) is 0 Å². The average Bonchev–Trinajstić information content (AvgIpc) is 3.02. The maximum absolute atomic E-state index is 13.0. The minimum atomic E-state index is -0.109. The molecule has 3 aromatic rings. The van der Waals surface area contributed by atoms with Gasteiger partial charge in [-0.15, -0.1) is 11.8 Å². The zero-order chi connectivity index (χ0) is 20.9. The molecule has 0 aromatic carbocycles. The van der Waals surface area contributed by atoms with Gasteiger partial charge in [0.15, 0.2) is 0 Å². The number of carbonyl (C=O) groups excluding carboxylic acids is 1. The molecule has 9 heteroatoms. The van der Waals surface area contributed by atoms with Gasteiger partial charge in [0.1, 0.15) is 5.69 Å². The predicted molar refractivity (Wildman–Crippen MR) is 119 cm³/mol. The van der Waals surface area contributed by atoms with Crippen molar-refractivity contribution in [3.8, 4) is 0 Å². The maximum Gasteiger partial charge on any atom is 0.272 e. The van der Waals surface area contributed by atoms with Crippen molar-refractivity contribution in [1.82, 2.24) is 19.5 Å². The summed E-state index contributed by atoms with van der Waals surface area (Å²) in [5.74, 6) is 0.548. The molecule has 30 heavy (non-hydrogen) atoms. The van der Waals surface area contributed by atoms with Crippen molar-refractivity contribution in [2.75, 3.05) is 43.8 Å². The molecule has 0 bridgehead atoms. The molecule has 156 valence electrons. The first kappa shape index (κ1) is 20.4. The van der Waals surface area contributed by atoms with E-state index in [2.05, 4.69) is 15.4 Å². The molecule has 3 aromatic heterocycles. The topological polar surface area (TPSA) is 95.6 Å². The van der Waals surface area contributed by atoms with Crippen molar-refractivity contribution in [2.24, 2.45) is 0 Å². The summed E-state index contributed by atoms with van der Waals surface area (Å²) in [5, 5.41) is 16.5. The van der Waals surface area contributed by atoms with Crippen LogP contribution >= 0.6 is 11.8 Å². The monoisotopic (exact) mass is 424 g/mol. The van der Waals surface area contributed by atoms with Gasteiger partial charge >= 0.3 is 0 Å². The van der Waals surface area contributed by atoms with Gasteiger partial charge < -0.3 is 15.0 Å². The third-order valence-corrected chi connectivity index (χ3v) is 5.44. The molecule has 0 spiro atoms. The Balaban J connectivity index is 1.67. The Labute approximate surface area is 179 Å². The van der Waals surface area contributed by atoms with E-state index in [9.17, 15) is 4.79 Å². The van der Waals surface area contributed by atoms with Crippen LogP contribution in [0, 0.1) is 5.41 Å². The number of hydrogen-bond acceptors (Lipinski definition) is 7. The number of amides is 1. The van der Waals surface area contributed by atoms with Gasteiger partial charge in [-0.1, -0.05) is 6.07 Å². The Morgan fingerprint density at radius 2 is 2.17 bits per heavy atom. The number of nitrogens with zero attached hydrogens (tertiary/aromatic N) is 4. The Bertz CT molecular complexity index is 1060. The second kappa shape index (κ2) is 9.27. The molecule has 0 atom stereocenters. The van der Waals surface area contributed by atoms with Gasteiger partial charge in [-0.3, -0.25) is 15.2 Å². The van der Waals surface area contributed by atoms with Crippen LogP contribution in [0.4, 0.5) is 5.69 Å². The van der Waals surface area contributed by atoms with E-state index in [0.29, 0.717) is 60.4 Å². The van der Waals surface area contributed by atoms with E-state index in [1.54, 1.807) is 39.6 Å². The van der Waals surface area contributed by atoms with Crippen molar-refractivity contribution in [3.05, 3.63) is 59.7 Å². The molecular formula is C21H24N6O2S. The van der Waals surface area contributed by atoms with Crippen LogP contribution in [0.1, 0.15) is 28.0 Å². The van der Waals surface area contributed by atoms with E-state index in [-0.39, 0.29) is 5.91 Å². The van der Waals surface area contributed by atoms with Crippen molar-refractivity contribution in [1.29, 1.82) is 5.41 Å². The molecule has 8 nitrogen and oxygen atoms in total. The largest absolute Gasteiger partial charge is 0.380 e. The van der Waals surface area contributed by atoms with Gasteiger partial charge in [0, 0.05) is 48.9 Å². The molecule has 0 saturated carbocycles. The minimum Gasteiger partial charge on any atom is -0.380 e. The third kappa shape index (κ3) is 4.17. The SMILES string of the molecule is CSCNc1cc(C(=O)N2CCCOCC2)ncc1C(=N)c1cnn2ccccc12. The van der Waals surface area contributed by atoms with Gasteiger partial charge in [0.05, 0.1) is 29.9 Å². The highest BCUT2D eigenvalue weighted by Gasteiger charge is 2.22. The summed E-state index contributed by atoms with van der Waals surface area (Å²) in [6.45, 7) is 2.44. The zero-order valence-corrected chi connectivity index (χ0v) is 17.6. The van der Waals surface area contributed by atoms with Crippen LogP contribution in [0.25, 0.3) is 5.52 Å². The number of thioether (sulfide) groups is 1. The van der Waals surface area contributed by atoms with Crippen molar-refractivity contribution in [3.63, 3.8) is 0 Å². The van der Waals surface area contributed by atoms with E-state index in [0.717, 1.165) is 11.9 Å². The van der Waals surface area contributed by atoms with E-state index < -0.39 is 0 Å². The number of hydrogen-bond donors (Lipinski definition) is 2. The van der Waals surface area contributed by atoms with Gasteiger partial charge in [-0.25, -0.2) is 4.52 Å². The molecule has 2 N–H and O–H groups in total. The first-order chi connectivity index (χ1) is 14.7. The molecule has 4 heterocycles. The van der Waals surface area contributed by atoms with Crippen LogP contribution in [-0.4, -0.2) is 69.6 Å². The Morgan fingerprint density at radius 3 is 3.03 bits per heavy atom. The second-order valence-corrected chi connectivity index (χ2v) is 7.81. The quantitative estimate of drug-likeness (QED) is 0.467. The molecule has 0 unspecified atom stereocenters. The predicted octanol–water partition coefficient (Wildman–Crippen LogP) is 2.74. The molecular weight excluding hydrogens is 400 g/mol. The minimum absolute atomic E-state index is 0.109. The molecule has 1 saturated heterocycles. The summed E-state index contributed by atoms with van der Waals surface area (Å²) in [6.07, 6.45) is 7.96. The Hall–Kier alpha value is -2.91. The van der Waals surface area contributed by atoms with Crippen molar-refractivity contribution < 1.29 is 9.53 Å². The van der Waals surface area contributed by atoms with Crippen LogP contribution < -0.4 is 5.32 Å². The van der Waals surface area contributed by atoms with E-state index in [1.165, 1.54) is 0 Å². The number of ether oxygens (including phenoxy) is 1. The third-order valence-electron chi connectivity index (χ3n) is 5.00. The molecule has 1 amide bonds. The maximum atomic E-state index is 13.0. The first-order valence-electron chi connectivity index (χ1n) is 9.80. The lowest BCUT2D eigenvalue weighted by Crippen LogP contribution is -2.33. The number of rotatable bonds is 6. The number of fused-ring (bicyclic) bond motifs is 1. The highest BCUT2D eigenvalue weighted by Crippen LogP contribution is 2.23. The highest BCUT2D eigenvalue weighted by molar-refractivity contribution is 7.98. The fourth-order valence-corrected chi connectivity index (χ4v) is 3.75. The van der Waals surface area contributed by atoms with E-state index >= 15 is 0 Å². The summed E-state index contributed by atoms with van der Waals surface area (Å²) in [5.41, 5.74) is 3.61. The molecule has 1 fully saturated rings. The van der Waals surface area contributed by atoms with Crippen LogP contribution in [0.5, 0.6) is 0 Å². The van der Waals surface area contributed by atoms with Crippen LogP contribution in [-0.2, 0) is 4.74 Å². The zero-order valence-electron chi connectivity index (χ0n) is 16.8. The molecule has 0 radical (unpaired) electrons. The van der Waals surface area contributed by atoms with Crippen molar-refractivity contribution >= 4 is 34.6 Å². The number of carbonyl (C=O) groups is 1. The second-order valence-electron chi connectivity index (χ2n) is 6.95. The molecule has 0 aliphatic carbocycles. The van der Waals surface area contributed by atoms with Gasteiger partial charge in [-0.2, -0.15) is 5.10 Å². The summed E-state index contributed by atoms with van der Waals surface area (Å²) in [6, 6.07) is 7.50. The van der Waals surface area contributed by atoms with Crippen LogP contribution in [0.15, 0.2) is 42.9 Å². The Kier molecular flexibility index (Phi) is 6.29. The van der Waals surface area contributed by atoms with Gasteiger partial charge in [0.2, 0.25) is 0 Å². The number of anilines is 1. The highest BCUT2D eigenvalue weighted by atomic mass is 32.2. The summed E-state index contributed by atoms with van der Waals surface area (Å²) < 4.78 is 7.19. The lowest BCUT2D eigenvalue weighted by Gasteiger charge is -2.20. The number of nitrogens with one attached hydrogen (secondary N) is 2. The lowest BCUT2D eigenvalue weighted by molar-refractivity contribution is 0.0735. The molecule has 1 aliphatic heterocycles. The van der Waals surface area contributed by atoms with Crippen molar-refractivity contribution in [2.45, 2.75) is 6.42 Å².